The first-order valence-corrected chi connectivity index (χ1v) is 10.5. The number of aryl methyl sites for hydroxylation is 1. The molecule has 10 heteroatoms. The monoisotopic (exact) mass is 423 g/mol. The summed E-state index contributed by atoms with van der Waals surface area (Å²) >= 11 is 0. The Kier molecular flexibility index (Phi) is 5.16. The molecule has 31 heavy (non-hydrogen) atoms. The molecule has 0 spiro atoms. The number of fused-ring (bicyclic) bond motifs is 2. The highest BCUT2D eigenvalue weighted by atomic mass is 16.5. The fourth-order valence-corrected chi connectivity index (χ4v) is 4.02. The van der Waals surface area contributed by atoms with Gasteiger partial charge in [0.05, 0.1) is 31.9 Å². The number of aliphatic hydroxyl groups is 1. The maximum absolute atomic E-state index is 8.86. The summed E-state index contributed by atoms with van der Waals surface area (Å²) in [5.74, 6) is 1.02. The van der Waals surface area contributed by atoms with Crippen LogP contribution in [0.3, 0.4) is 0 Å². The Labute approximate surface area is 178 Å². The van der Waals surface area contributed by atoms with E-state index in [-0.39, 0.29) is 18.8 Å². The van der Waals surface area contributed by atoms with Gasteiger partial charge in [-0.05, 0) is 43.5 Å². The summed E-state index contributed by atoms with van der Waals surface area (Å²) < 4.78 is 14.8. The van der Waals surface area contributed by atoms with Crippen molar-refractivity contribution in [3.63, 3.8) is 0 Å². The lowest BCUT2D eigenvalue weighted by Gasteiger charge is -2.35. The largest absolute Gasteiger partial charge is 0.479 e. The topological polar surface area (TPSA) is 112 Å². The minimum absolute atomic E-state index is 0.0474. The standard InChI is InChI=1S/C21H25N7O3/c1-3-27-18-10-13(4-5-17(18)24-26-27)16-6-7-28-19(16)20(30-2)23-21(25-28)22-14-11-15(12-14)31-9-8-29/h4-7,10,14-15,29H,3,8-9,11-12H2,1-2H3,(H,22,25)/t14-,15+. The Morgan fingerprint density at radius 1 is 1.26 bits per heavy atom. The zero-order valence-electron chi connectivity index (χ0n) is 17.5. The Bertz CT molecular complexity index is 1210. The van der Waals surface area contributed by atoms with Crippen molar-refractivity contribution in [3.8, 4) is 17.0 Å². The van der Waals surface area contributed by atoms with Crippen LogP contribution in [0.25, 0.3) is 27.7 Å². The molecule has 1 aliphatic rings. The van der Waals surface area contributed by atoms with E-state index in [1.807, 2.05) is 36.0 Å². The van der Waals surface area contributed by atoms with Gasteiger partial charge in [0.2, 0.25) is 11.8 Å². The van der Waals surface area contributed by atoms with E-state index in [9.17, 15) is 0 Å². The molecule has 1 fully saturated rings. The van der Waals surface area contributed by atoms with E-state index in [2.05, 4.69) is 31.8 Å². The van der Waals surface area contributed by atoms with Crippen LogP contribution in [0.1, 0.15) is 19.8 Å². The van der Waals surface area contributed by atoms with Gasteiger partial charge < -0.3 is 19.9 Å². The highest BCUT2D eigenvalue weighted by molar-refractivity contribution is 5.89. The summed E-state index contributed by atoms with van der Waals surface area (Å²) in [6, 6.07) is 8.34. The van der Waals surface area contributed by atoms with Gasteiger partial charge in [0.1, 0.15) is 11.0 Å². The molecule has 0 aliphatic heterocycles. The van der Waals surface area contributed by atoms with Crippen molar-refractivity contribution in [1.82, 2.24) is 29.6 Å². The van der Waals surface area contributed by atoms with Gasteiger partial charge in [0, 0.05) is 24.3 Å². The van der Waals surface area contributed by atoms with E-state index in [1.54, 1.807) is 11.6 Å². The lowest BCUT2D eigenvalue weighted by molar-refractivity contribution is -0.0196. The maximum Gasteiger partial charge on any atom is 0.244 e. The average molecular weight is 423 g/mol. The molecular weight excluding hydrogens is 398 g/mol. The van der Waals surface area contributed by atoms with Crippen LogP contribution in [0, 0.1) is 0 Å². The second kappa shape index (κ2) is 8.12. The van der Waals surface area contributed by atoms with E-state index >= 15 is 0 Å². The van der Waals surface area contributed by atoms with E-state index in [0.29, 0.717) is 18.4 Å². The van der Waals surface area contributed by atoms with Crippen LogP contribution in [-0.2, 0) is 11.3 Å². The zero-order chi connectivity index (χ0) is 21.4. The van der Waals surface area contributed by atoms with Crippen molar-refractivity contribution in [2.45, 2.75) is 38.5 Å². The third kappa shape index (κ3) is 3.57. The van der Waals surface area contributed by atoms with Crippen LogP contribution in [0.2, 0.25) is 0 Å². The number of aromatic nitrogens is 6. The van der Waals surface area contributed by atoms with Crippen LogP contribution in [0.4, 0.5) is 5.95 Å². The van der Waals surface area contributed by atoms with Gasteiger partial charge in [-0.2, -0.15) is 4.98 Å². The van der Waals surface area contributed by atoms with E-state index < -0.39 is 0 Å². The summed E-state index contributed by atoms with van der Waals surface area (Å²) in [7, 11) is 1.62. The van der Waals surface area contributed by atoms with Crippen molar-refractivity contribution in [2.75, 3.05) is 25.6 Å². The van der Waals surface area contributed by atoms with Gasteiger partial charge in [0.15, 0.2) is 0 Å². The number of methoxy groups -OCH3 is 1. The summed E-state index contributed by atoms with van der Waals surface area (Å²) in [6.07, 6.45) is 3.81. The molecule has 0 saturated heterocycles. The Morgan fingerprint density at radius 3 is 2.90 bits per heavy atom. The number of ether oxygens (including phenoxy) is 2. The van der Waals surface area contributed by atoms with Crippen LogP contribution in [-0.4, -0.2) is 67.2 Å². The third-order valence-corrected chi connectivity index (χ3v) is 5.67. The molecule has 5 rings (SSSR count). The van der Waals surface area contributed by atoms with E-state index in [4.69, 9.17) is 14.6 Å². The zero-order valence-corrected chi connectivity index (χ0v) is 17.5. The number of aliphatic hydroxyl groups excluding tert-OH is 1. The number of nitrogens with zero attached hydrogens (tertiary/aromatic N) is 6. The van der Waals surface area contributed by atoms with Gasteiger partial charge in [-0.15, -0.1) is 10.2 Å². The quantitative estimate of drug-likeness (QED) is 0.443. The highest BCUT2D eigenvalue weighted by Crippen LogP contribution is 2.33. The molecule has 2 N–H and O–H groups in total. The number of rotatable bonds is 8. The summed E-state index contributed by atoms with van der Waals surface area (Å²) in [5, 5.41) is 25.2. The molecule has 3 aromatic heterocycles. The van der Waals surface area contributed by atoms with Gasteiger partial charge in [0.25, 0.3) is 0 Å². The van der Waals surface area contributed by atoms with E-state index in [1.165, 1.54) is 0 Å². The summed E-state index contributed by atoms with van der Waals surface area (Å²) in [5.41, 5.74) is 4.67. The fraction of sp³-hybridized carbons (Fsp3) is 0.429. The maximum atomic E-state index is 8.86. The Balaban J connectivity index is 1.44. The second-order valence-corrected chi connectivity index (χ2v) is 7.61. The Morgan fingerprint density at radius 2 is 2.13 bits per heavy atom. The molecule has 1 aromatic carbocycles. The van der Waals surface area contributed by atoms with Crippen LogP contribution >= 0.6 is 0 Å². The van der Waals surface area contributed by atoms with Crippen molar-refractivity contribution in [3.05, 3.63) is 30.5 Å². The lowest BCUT2D eigenvalue weighted by Crippen LogP contribution is -2.41. The van der Waals surface area contributed by atoms with E-state index in [0.717, 1.165) is 47.1 Å². The molecule has 162 valence electrons. The molecule has 1 aliphatic carbocycles. The van der Waals surface area contributed by atoms with Gasteiger partial charge in [-0.3, -0.25) is 0 Å². The third-order valence-electron chi connectivity index (χ3n) is 5.67. The minimum atomic E-state index is 0.0474. The van der Waals surface area contributed by atoms with Gasteiger partial charge in [-0.1, -0.05) is 11.3 Å². The second-order valence-electron chi connectivity index (χ2n) is 7.61. The van der Waals surface area contributed by atoms with Crippen LogP contribution in [0.5, 0.6) is 5.88 Å². The summed E-state index contributed by atoms with van der Waals surface area (Å²) in [6.45, 7) is 3.22. The smallest absolute Gasteiger partial charge is 0.244 e. The number of hydrogen-bond donors (Lipinski definition) is 2. The van der Waals surface area contributed by atoms with Crippen molar-refractivity contribution >= 4 is 22.5 Å². The van der Waals surface area contributed by atoms with Gasteiger partial charge >= 0.3 is 0 Å². The molecule has 3 heterocycles. The normalized spacial score (nSPS) is 18.4. The SMILES string of the molecule is CCn1nnc2ccc(-c3ccn4nc(N[C@H]5C[C@@H](OCCO)C5)nc(OC)c34)cc21. The number of nitrogens with one attached hydrogen (secondary N) is 1. The highest BCUT2D eigenvalue weighted by Gasteiger charge is 2.30. The first-order valence-electron chi connectivity index (χ1n) is 10.5. The molecule has 0 amide bonds. The van der Waals surface area contributed by atoms with Crippen molar-refractivity contribution in [1.29, 1.82) is 0 Å². The molecular formula is C21H25N7O3. The van der Waals surface area contributed by atoms with Gasteiger partial charge in [-0.25, -0.2) is 9.20 Å². The lowest BCUT2D eigenvalue weighted by atomic mass is 9.89. The van der Waals surface area contributed by atoms with Crippen molar-refractivity contribution in [2.24, 2.45) is 0 Å². The fourth-order valence-electron chi connectivity index (χ4n) is 4.02. The molecule has 10 nitrogen and oxygen atoms in total. The van der Waals surface area contributed by atoms with Crippen LogP contribution in [0.15, 0.2) is 30.5 Å². The first kappa shape index (κ1) is 19.7. The molecule has 0 atom stereocenters. The molecule has 0 bridgehead atoms. The minimum Gasteiger partial charge on any atom is -0.479 e. The predicted octanol–water partition coefficient (Wildman–Crippen LogP) is 2.12. The number of benzene rings is 1. The molecule has 0 unspecified atom stereocenters. The predicted molar refractivity (Wildman–Crippen MR) is 115 cm³/mol. The average Bonchev–Trinajstić information content (AvgIpc) is 3.38. The first-order chi connectivity index (χ1) is 15.2. The molecule has 0 radical (unpaired) electrons. The number of anilines is 1. The van der Waals surface area contributed by atoms with Crippen molar-refractivity contribution < 1.29 is 14.6 Å². The molecule has 4 aromatic rings. The Hall–Kier alpha value is -3.24. The van der Waals surface area contributed by atoms with Crippen LogP contribution < -0.4 is 10.1 Å². The number of hydrogen-bond acceptors (Lipinski definition) is 8. The summed E-state index contributed by atoms with van der Waals surface area (Å²) in [4.78, 5) is 4.60. The molecule has 1 saturated carbocycles.